The number of benzene rings is 1. The Kier molecular flexibility index (Phi) is 5.47. The molecule has 1 heterocycles. The lowest BCUT2D eigenvalue weighted by molar-refractivity contribution is -0.137. The van der Waals surface area contributed by atoms with Crippen LogP contribution in [0.4, 0.5) is 4.39 Å². The van der Waals surface area contributed by atoms with Crippen molar-refractivity contribution in [2.75, 3.05) is 0 Å². The number of rotatable bonds is 7. The third-order valence-corrected chi connectivity index (χ3v) is 4.17. The fourth-order valence-electron chi connectivity index (χ4n) is 2.33. The summed E-state index contributed by atoms with van der Waals surface area (Å²) in [4.78, 5) is 12.0. The Labute approximate surface area is 127 Å². The standard InChI is InChI=1S/C16H18FNO2S/c1-11(8-12-4-2-5-13(17)9-12)18-14(10-16(19)20)15-6-3-7-21-15/h2-7,9,11,14,18H,8,10H2,1H3,(H,19,20). The Morgan fingerprint density at radius 2 is 2.19 bits per heavy atom. The zero-order valence-electron chi connectivity index (χ0n) is 11.8. The van der Waals surface area contributed by atoms with Gasteiger partial charge in [-0.25, -0.2) is 4.39 Å². The van der Waals surface area contributed by atoms with Gasteiger partial charge in [-0.15, -0.1) is 11.3 Å². The Morgan fingerprint density at radius 3 is 2.81 bits per heavy atom. The molecule has 112 valence electrons. The maximum absolute atomic E-state index is 13.2. The Balaban J connectivity index is 2.01. The monoisotopic (exact) mass is 307 g/mol. The summed E-state index contributed by atoms with van der Waals surface area (Å²) >= 11 is 1.54. The van der Waals surface area contributed by atoms with Gasteiger partial charge in [0, 0.05) is 10.9 Å². The molecular formula is C16H18FNO2S. The van der Waals surface area contributed by atoms with Gasteiger partial charge in [0.25, 0.3) is 0 Å². The van der Waals surface area contributed by atoms with E-state index in [1.165, 1.54) is 23.5 Å². The number of carboxylic acid groups (broad SMARTS) is 1. The van der Waals surface area contributed by atoms with E-state index in [1.54, 1.807) is 6.07 Å². The summed E-state index contributed by atoms with van der Waals surface area (Å²) < 4.78 is 13.2. The van der Waals surface area contributed by atoms with Crippen LogP contribution in [0.15, 0.2) is 41.8 Å². The van der Waals surface area contributed by atoms with Crippen molar-refractivity contribution in [1.82, 2.24) is 5.32 Å². The van der Waals surface area contributed by atoms with E-state index in [2.05, 4.69) is 5.32 Å². The van der Waals surface area contributed by atoms with Crippen LogP contribution in [0.1, 0.15) is 29.8 Å². The van der Waals surface area contributed by atoms with E-state index >= 15 is 0 Å². The van der Waals surface area contributed by atoms with Crippen LogP contribution in [0.25, 0.3) is 0 Å². The lowest BCUT2D eigenvalue weighted by atomic mass is 10.0. The number of halogens is 1. The van der Waals surface area contributed by atoms with Crippen LogP contribution >= 0.6 is 11.3 Å². The summed E-state index contributed by atoms with van der Waals surface area (Å²) in [7, 11) is 0. The van der Waals surface area contributed by atoms with Crippen molar-refractivity contribution < 1.29 is 14.3 Å². The van der Waals surface area contributed by atoms with Gasteiger partial charge in [0.2, 0.25) is 0 Å². The largest absolute Gasteiger partial charge is 0.481 e. The second kappa shape index (κ2) is 7.33. The number of hydrogen-bond acceptors (Lipinski definition) is 3. The molecule has 0 spiro atoms. The molecule has 0 aliphatic carbocycles. The van der Waals surface area contributed by atoms with Crippen LogP contribution in [-0.2, 0) is 11.2 Å². The van der Waals surface area contributed by atoms with Crippen molar-refractivity contribution in [2.24, 2.45) is 0 Å². The highest BCUT2D eigenvalue weighted by atomic mass is 32.1. The number of nitrogens with one attached hydrogen (secondary N) is 1. The first kappa shape index (κ1) is 15.7. The molecule has 1 aromatic carbocycles. The topological polar surface area (TPSA) is 49.3 Å². The number of aliphatic carboxylic acids is 1. The maximum Gasteiger partial charge on any atom is 0.305 e. The average molecular weight is 307 g/mol. The molecule has 2 aromatic rings. The molecule has 0 saturated carbocycles. The van der Waals surface area contributed by atoms with Gasteiger partial charge in [0.05, 0.1) is 12.5 Å². The first-order valence-electron chi connectivity index (χ1n) is 6.80. The second-order valence-corrected chi connectivity index (χ2v) is 6.05. The van der Waals surface area contributed by atoms with Gasteiger partial charge in [-0.05, 0) is 42.5 Å². The number of thiophene rings is 1. The third kappa shape index (κ3) is 4.95. The summed E-state index contributed by atoms with van der Waals surface area (Å²) in [6.45, 7) is 1.98. The van der Waals surface area contributed by atoms with Crippen molar-refractivity contribution in [3.8, 4) is 0 Å². The van der Waals surface area contributed by atoms with Crippen molar-refractivity contribution in [3.63, 3.8) is 0 Å². The van der Waals surface area contributed by atoms with Gasteiger partial charge in [-0.1, -0.05) is 18.2 Å². The number of carboxylic acids is 1. The summed E-state index contributed by atoms with van der Waals surface area (Å²) in [6.07, 6.45) is 0.688. The van der Waals surface area contributed by atoms with Crippen LogP contribution in [0, 0.1) is 5.82 Å². The minimum absolute atomic E-state index is 0.0357. The zero-order chi connectivity index (χ0) is 15.2. The molecule has 5 heteroatoms. The molecule has 0 radical (unpaired) electrons. The first-order valence-corrected chi connectivity index (χ1v) is 7.68. The van der Waals surface area contributed by atoms with E-state index in [0.29, 0.717) is 6.42 Å². The van der Waals surface area contributed by atoms with E-state index in [1.807, 2.05) is 30.5 Å². The summed E-state index contributed by atoms with van der Waals surface area (Å²) in [6, 6.07) is 10.2. The van der Waals surface area contributed by atoms with E-state index in [9.17, 15) is 9.18 Å². The Hall–Kier alpha value is -1.72. The zero-order valence-corrected chi connectivity index (χ0v) is 12.6. The van der Waals surface area contributed by atoms with E-state index < -0.39 is 5.97 Å². The van der Waals surface area contributed by atoms with Gasteiger partial charge in [-0.3, -0.25) is 4.79 Å². The van der Waals surface area contributed by atoms with E-state index in [0.717, 1.165) is 10.4 Å². The van der Waals surface area contributed by atoms with Gasteiger partial charge >= 0.3 is 5.97 Å². The fraction of sp³-hybridized carbons (Fsp3) is 0.312. The lowest BCUT2D eigenvalue weighted by Crippen LogP contribution is -2.33. The van der Waals surface area contributed by atoms with Gasteiger partial charge in [0.15, 0.2) is 0 Å². The highest BCUT2D eigenvalue weighted by molar-refractivity contribution is 7.10. The molecule has 0 aliphatic rings. The van der Waals surface area contributed by atoms with Crippen LogP contribution in [-0.4, -0.2) is 17.1 Å². The van der Waals surface area contributed by atoms with Crippen LogP contribution in [0.3, 0.4) is 0 Å². The molecule has 21 heavy (non-hydrogen) atoms. The minimum Gasteiger partial charge on any atom is -0.481 e. The van der Waals surface area contributed by atoms with Gasteiger partial charge < -0.3 is 10.4 Å². The fourth-order valence-corrected chi connectivity index (χ4v) is 3.11. The summed E-state index contributed by atoms with van der Waals surface area (Å²) in [5.41, 5.74) is 0.898. The van der Waals surface area contributed by atoms with Crippen molar-refractivity contribution in [3.05, 3.63) is 58.0 Å². The molecule has 0 amide bonds. The Morgan fingerprint density at radius 1 is 1.38 bits per heavy atom. The Bertz CT molecular complexity index is 586. The molecule has 2 unspecified atom stereocenters. The third-order valence-electron chi connectivity index (χ3n) is 3.18. The van der Waals surface area contributed by atoms with Crippen molar-refractivity contribution >= 4 is 17.3 Å². The van der Waals surface area contributed by atoms with E-state index in [4.69, 9.17) is 5.11 Å². The van der Waals surface area contributed by atoms with Crippen molar-refractivity contribution in [1.29, 1.82) is 0 Å². The minimum atomic E-state index is -0.834. The molecular weight excluding hydrogens is 289 g/mol. The molecule has 0 saturated heterocycles. The first-order chi connectivity index (χ1) is 10.0. The van der Waals surface area contributed by atoms with Crippen LogP contribution < -0.4 is 5.32 Å². The predicted octanol–water partition coefficient (Wildman–Crippen LogP) is 3.62. The lowest BCUT2D eigenvalue weighted by Gasteiger charge is -2.21. The number of carbonyl (C=O) groups is 1. The van der Waals surface area contributed by atoms with Crippen LogP contribution in [0.5, 0.6) is 0 Å². The van der Waals surface area contributed by atoms with E-state index in [-0.39, 0.29) is 24.3 Å². The molecule has 2 rings (SSSR count). The number of hydrogen-bond donors (Lipinski definition) is 2. The normalized spacial score (nSPS) is 13.8. The molecule has 0 fully saturated rings. The summed E-state index contributed by atoms with van der Waals surface area (Å²) in [5.74, 6) is -1.08. The molecule has 1 aromatic heterocycles. The van der Waals surface area contributed by atoms with Gasteiger partial charge in [-0.2, -0.15) is 0 Å². The van der Waals surface area contributed by atoms with Crippen LogP contribution in [0.2, 0.25) is 0 Å². The summed E-state index contributed by atoms with van der Waals surface area (Å²) in [5, 5.41) is 14.3. The smallest absolute Gasteiger partial charge is 0.305 e. The SMILES string of the molecule is CC(Cc1cccc(F)c1)NC(CC(=O)O)c1cccs1. The molecule has 2 N–H and O–H groups in total. The maximum atomic E-state index is 13.2. The highest BCUT2D eigenvalue weighted by Crippen LogP contribution is 2.23. The molecule has 0 bridgehead atoms. The van der Waals surface area contributed by atoms with Crippen molar-refractivity contribution in [2.45, 2.75) is 31.8 Å². The van der Waals surface area contributed by atoms with Gasteiger partial charge in [0.1, 0.15) is 5.82 Å². The predicted molar refractivity (Wildman–Crippen MR) is 82.0 cm³/mol. The molecule has 2 atom stereocenters. The highest BCUT2D eigenvalue weighted by Gasteiger charge is 2.18. The molecule has 0 aliphatic heterocycles. The molecule has 3 nitrogen and oxygen atoms in total. The quantitative estimate of drug-likeness (QED) is 0.821. The second-order valence-electron chi connectivity index (χ2n) is 5.07. The average Bonchev–Trinajstić information content (AvgIpc) is 2.91.